The van der Waals surface area contributed by atoms with Gasteiger partial charge in [0.2, 0.25) is 0 Å². The van der Waals surface area contributed by atoms with Gasteiger partial charge in [0.25, 0.3) is 5.91 Å². The van der Waals surface area contributed by atoms with Crippen molar-refractivity contribution in [2.75, 3.05) is 11.4 Å². The van der Waals surface area contributed by atoms with Crippen molar-refractivity contribution in [2.45, 2.75) is 6.92 Å². The van der Waals surface area contributed by atoms with Crippen molar-refractivity contribution in [1.82, 2.24) is 15.0 Å². The van der Waals surface area contributed by atoms with Crippen molar-refractivity contribution in [1.29, 1.82) is 0 Å². The lowest BCUT2D eigenvalue weighted by Crippen LogP contribution is -2.30. The van der Waals surface area contributed by atoms with E-state index in [1.807, 2.05) is 6.07 Å². The van der Waals surface area contributed by atoms with E-state index in [1.165, 1.54) is 17.2 Å². The average molecular weight is 387 g/mol. The molecule has 1 aromatic carbocycles. The predicted molar refractivity (Wildman–Crippen MR) is 107 cm³/mol. The minimum Gasteiger partial charge on any atom is -0.338 e. The SMILES string of the molecule is C=CCN(C(=O)/C=C/C)c1ncc(Cl)cc1-c1nc2ccc(Cl)cc2[nH]1. The highest BCUT2D eigenvalue weighted by Gasteiger charge is 2.20. The van der Waals surface area contributed by atoms with Crippen LogP contribution in [0.1, 0.15) is 6.92 Å². The Morgan fingerprint density at radius 2 is 2.12 bits per heavy atom. The second-order valence-electron chi connectivity index (χ2n) is 5.51. The first-order valence-corrected chi connectivity index (χ1v) is 8.65. The van der Waals surface area contributed by atoms with Crippen LogP contribution < -0.4 is 4.90 Å². The van der Waals surface area contributed by atoms with Gasteiger partial charge >= 0.3 is 0 Å². The number of rotatable bonds is 5. The van der Waals surface area contributed by atoms with Crippen LogP contribution in [0.4, 0.5) is 5.82 Å². The Labute approximate surface area is 161 Å². The molecule has 0 unspecified atom stereocenters. The van der Waals surface area contributed by atoms with Crippen LogP contribution in [-0.4, -0.2) is 27.4 Å². The zero-order valence-corrected chi connectivity index (χ0v) is 15.6. The van der Waals surface area contributed by atoms with Gasteiger partial charge in [-0.3, -0.25) is 9.69 Å². The van der Waals surface area contributed by atoms with Gasteiger partial charge in [0.05, 0.1) is 21.6 Å². The molecule has 0 saturated heterocycles. The van der Waals surface area contributed by atoms with E-state index in [1.54, 1.807) is 37.3 Å². The van der Waals surface area contributed by atoms with Crippen LogP contribution in [0, 0.1) is 0 Å². The van der Waals surface area contributed by atoms with E-state index in [9.17, 15) is 4.79 Å². The van der Waals surface area contributed by atoms with Gasteiger partial charge in [0.15, 0.2) is 0 Å². The van der Waals surface area contributed by atoms with Crippen molar-refractivity contribution in [3.8, 4) is 11.4 Å². The molecule has 2 heterocycles. The number of halogens is 2. The van der Waals surface area contributed by atoms with Crippen molar-refractivity contribution in [2.24, 2.45) is 0 Å². The lowest BCUT2D eigenvalue weighted by Gasteiger charge is -2.21. The number of aromatic amines is 1. The molecule has 0 fully saturated rings. The summed E-state index contributed by atoms with van der Waals surface area (Å²) in [5.41, 5.74) is 2.16. The monoisotopic (exact) mass is 386 g/mol. The Balaban J connectivity index is 2.17. The first-order chi connectivity index (χ1) is 12.5. The smallest absolute Gasteiger partial charge is 0.252 e. The number of anilines is 1. The fraction of sp³-hybridized carbons (Fsp3) is 0.105. The summed E-state index contributed by atoms with van der Waals surface area (Å²) < 4.78 is 0. The average Bonchev–Trinajstić information content (AvgIpc) is 3.03. The lowest BCUT2D eigenvalue weighted by molar-refractivity contribution is -0.114. The van der Waals surface area contributed by atoms with Gasteiger partial charge in [-0.15, -0.1) is 6.58 Å². The number of allylic oxidation sites excluding steroid dienone is 1. The molecule has 3 rings (SSSR count). The Morgan fingerprint density at radius 1 is 1.31 bits per heavy atom. The molecule has 3 aromatic rings. The van der Waals surface area contributed by atoms with Gasteiger partial charge in [-0.2, -0.15) is 0 Å². The van der Waals surface area contributed by atoms with Crippen molar-refractivity contribution in [3.63, 3.8) is 0 Å². The van der Waals surface area contributed by atoms with E-state index in [-0.39, 0.29) is 5.91 Å². The second-order valence-corrected chi connectivity index (χ2v) is 6.38. The van der Waals surface area contributed by atoms with Crippen LogP contribution in [0.5, 0.6) is 0 Å². The van der Waals surface area contributed by atoms with Crippen LogP contribution in [0.15, 0.2) is 55.3 Å². The lowest BCUT2D eigenvalue weighted by atomic mass is 10.2. The van der Waals surface area contributed by atoms with Gasteiger partial charge in [0.1, 0.15) is 11.6 Å². The largest absolute Gasteiger partial charge is 0.338 e. The number of nitrogens with one attached hydrogen (secondary N) is 1. The number of imidazole rings is 1. The van der Waals surface area contributed by atoms with E-state index in [0.717, 1.165) is 11.0 Å². The molecular formula is C19H16Cl2N4O. The van der Waals surface area contributed by atoms with Crippen LogP contribution in [0.25, 0.3) is 22.4 Å². The number of nitrogens with zero attached hydrogens (tertiary/aromatic N) is 3. The molecule has 0 atom stereocenters. The summed E-state index contributed by atoms with van der Waals surface area (Å²) in [5, 5.41) is 1.05. The summed E-state index contributed by atoms with van der Waals surface area (Å²) in [6, 6.07) is 7.10. The number of carbonyl (C=O) groups is 1. The number of pyridine rings is 1. The molecule has 2 aromatic heterocycles. The van der Waals surface area contributed by atoms with Gasteiger partial charge in [-0.05, 0) is 37.3 Å². The fourth-order valence-corrected chi connectivity index (χ4v) is 2.90. The number of H-pyrrole nitrogens is 1. The molecule has 132 valence electrons. The number of benzene rings is 1. The van der Waals surface area contributed by atoms with E-state index >= 15 is 0 Å². The molecule has 5 nitrogen and oxygen atoms in total. The van der Waals surface area contributed by atoms with E-state index < -0.39 is 0 Å². The quantitative estimate of drug-likeness (QED) is 0.494. The molecule has 0 aliphatic heterocycles. The fourth-order valence-electron chi connectivity index (χ4n) is 2.57. The Kier molecular flexibility index (Phi) is 5.40. The minimum absolute atomic E-state index is 0.206. The summed E-state index contributed by atoms with van der Waals surface area (Å²) in [7, 11) is 0. The summed E-state index contributed by atoms with van der Waals surface area (Å²) in [4.78, 5) is 26.2. The molecule has 0 spiro atoms. The van der Waals surface area contributed by atoms with Crippen LogP contribution in [0.3, 0.4) is 0 Å². The zero-order valence-electron chi connectivity index (χ0n) is 14.0. The first kappa shape index (κ1) is 18.2. The molecule has 0 saturated carbocycles. The number of fused-ring (bicyclic) bond motifs is 1. The van der Waals surface area contributed by atoms with Gasteiger partial charge < -0.3 is 4.98 Å². The molecule has 1 N–H and O–H groups in total. The van der Waals surface area contributed by atoms with Crippen molar-refractivity contribution in [3.05, 3.63) is 65.3 Å². The van der Waals surface area contributed by atoms with Crippen molar-refractivity contribution < 1.29 is 4.79 Å². The number of carbonyl (C=O) groups excluding carboxylic acids is 1. The summed E-state index contributed by atoms with van der Waals surface area (Å²) in [6.07, 6.45) is 6.29. The summed E-state index contributed by atoms with van der Waals surface area (Å²) in [5.74, 6) is 0.791. The molecule has 0 aliphatic carbocycles. The zero-order chi connectivity index (χ0) is 18.7. The highest BCUT2D eigenvalue weighted by molar-refractivity contribution is 6.31. The second kappa shape index (κ2) is 7.72. The van der Waals surface area contributed by atoms with Crippen LogP contribution in [0.2, 0.25) is 10.0 Å². The molecule has 7 heteroatoms. The van der Waals surface area contributed by atoms with Gasteiger partial charge in [-0.25, -0.2) is 9.97 Å². The summed E-state index contributed by atoms with van der Waals surface area (Å²) in [6.45, 7) is 5.81. The third kappa shape index (κ3) is 3.64. The molecule has 1 amide bonds. The van der Waals surface area contributed by atoms with Crippen LogP contribution >= 0.6 is 23.2 Å². The molecular weight excluding hydrogens is 371 g/mol. The Morgan fingerprint density at radius 3 is 2.85 bits per heavy atom. The normalized spacial score (nSPS) is 11.2. The number of hydrogen-bond donors (Lipinski definition) is 1. The van der Waals surface area contributed by atoms with Crippen LogP contribution in [-0.2, 0) is 4.79 Å². The molecule has 0 radical (unpaired) electrons. The molecule has 0 bridgehead atoms. The van der Waals surface area contributed by atoms with Gasteiger partial charge in [-0.1, -0.05) is 35.4 Å². The Hall–Kier alpha value is -2.63. The highest BCUT2D eigenvalue weighted by atomic mass is 35.5. The Bertz CT molecular complexity index is 1010. The topological polar surface area (TPSA) is 61.9 Å². The van der Waals surface area contributed by atoms with Gasteiger partial charge in [0, 0.05) is 17.8 Å². The maximum Gasteiger partial charge on any atom is 0.252 e. The predicted octanol–water partition coefficient (Wildman–Crippen LogP) is 5.03. The number of hydrogen-bond acceptors (Lipinski definition) is 3. The third-order valence-corrected chi connectivity index (χ3v) is 4.12. The number of amides is 1. The summed E-state index contributed by atoms with van der Waals surface area (Å²) >= 11 is 12.2. The van der Waals surface area contributed by atoms with Crippen molar-refractivity contribution >= 4 is 46.0 Å². The van der Waals surface area contributed by atoms with E-state index in [2.05, 4.69) is 21.5 Å². The maximum atomic E-state index is 12.5. The number of aromatic nitrogens is 3. The maximum absolute atomic E-state index is 12.5. The third-order valence-electron chi connectivity index (χ3n) is 3.67. The standard InChI is InChI=1S/C19H16Cl2N4O/c1-3-5-17(26)25(8-4-2)19-14(9-13(21)11-22-19)18-23-15-7-6-12(20)10-16(15)24-18/h3-7,9-11H,2,8H2,1H3,(H,23,24)/b5-3+. The highest BCUT2D eigenvalue weighted by Crippen LogP contribution is 2.31. The van der Waals surface area contributed by atoms with E-state index in [0.29, 0.717) is 33.8 Å². The molecule has 26 heavy (non-hydrogen) atoms. The van der Waals surface area contributed by atoms with E-state index in [4.69, 9.17) is 23.2 Å². The molecule has 0 aliphatic rings. The minimum atomic E-state index is -0.206. The first-order valence-electron chi connectivity index (χ1n) is 7.89.